The maximum atomic E-state index is 13.4. The van der Waals surface area contributed by atoms with Crippen LogP contribution in [0.4, 0.5) is 14.5 Å². The van der Waals surface area contributed by atoms with Crippen LogP contribution in [0.5, 0.6) is 5.75 Å². The minimum atomic E-state index is -1.50. The van der Waals surface area contributed by atoms with E-state index in [0.717, 1.165) is 22.7 Å². The van der Waals surface area contributed by atoms with Crippen LogP contribution in [-0.4, -0.2) is 5.91 Å². The number of amides is 1. The van der Waals surface area contributed by atoms with E-state index in [1.54, 1.807) is 18.2 Å². The summed E-state index contributed by atoms with van der Waals surface area (Å²) in [5, 5.41) is 2.69. The molecule has 0 saturated carbocycles. The summed E-state index contributed by atoms with van der Waals surface area (Å²) in [6.45, 7) is 1.47. The molecular formula is C15H10BrF2NO2. The van der Waals surface area contributed by atoms with Gasteiger partial charge in [-0.2, -0.15) is 0 Å². The van der Waals surface area contributed by atoms with Gasteiger partial charge in [-0.05, 0) is 37.3 Å². The molecule has 2 aromatic rings. The number of nitrogens with one attached hydrogen (secondary N) is 1. The fraction of sp³-hybridized carbons (Fsp3) is 0.133. The predicted molar refractivity (Wildman–Crippen MR) is 77.1 cm³/mol. The first-order valence-electron chi connectivity index (χ1n) is 6.15. The van der Waals surface area contributed by atoms with Crippen molar-refractivity contribution in [2.24, 2.45) is 0 Å². The molecule has 3 nitrogen and oxygen atoms in total. The van der Waals surface area contributed by atoms with Crippen molar-refractivity contribution in [3.8, 4) is 5.75 Å². The van der Waals surface area contributed by atoms with Gasteiger partial charge in [0.2, 0.25) is 5.60 Å². The second kappa shape index (κ2) is 4.80. The second-order valence-corrected chi connectivity index (χ2v) is 5.80. The maximum absolute atomic E-state index is 13.4. The van der Waals surface area contributed by atoms with E-state index < -0.39 is 23.1 Å². The molecule has 1 atom stereocenters. The first-order chi connectivity index (χ1) is 9.88. The Kier molecular flexibility index (Phi) is 3.20. The highest BCUT2D eigenvalue weighted by molar-refractivity contribution is 9.10. The number of carbonyl (C=O) groups excluding carboxylic acids is 1. The van der Waals surface area contributed by atoms with Crippen molar-refractivity contribution in [2.75, 3.05) is 5.32 Å². The Bertz CT molecular complexity index is 730. The molecule has 0 saturated heterocycles. The van der Waals surface area contributed by atoms with Gasteiger partial charge in [0.25, 0.3) is 5.91 Å². The second-order valence-electron chi connectivity index (χ2n) is 4.89. The van der Waals surface area contributed by atoms with Crippen LogP contribution in [-0.2, 0) is 10.4 Å². The zero-order valence-corrected chi connectivity index (χ0v) is 12.5. The SMILES string of the molecule is CC1(c2cc(F)cc(F)c2)Oc2ccc(Br)cc2NC1=O. The third kappa shape index (κ3) is 2.40. The summed E-state index contributed by atoms with van der Waals surface area (Å²) in [6.07, 6.45) is 0. The molecule has 0 aromatic heterocycles. The molecule has 3 rings (SSSR count). The highest BCUT2D eigenvalue weighted by Gasteiger charge is 2.42. The Morgan fingerprint density at radius 2 is 1.81 bits per heavy atom. The van der Waals surface area contributed by atoms with Crippen molar-refractivity contribution >= 4 is 27.5 Å². The van der Waals surface area contributed by atoms with Gasteiger partial charge in [0.05, 0.1) is 5.69 Å². The van der Waals surface area contributed by atoms with E-state index in [2.05, 4.69) is 21.2 Å². The topological polar surface area (TPSA) is 38.3 Å². The maximum Gasteiger partial charge on any atom is 0.273 e. The highest BCUT2D eigenvalue weighted by atomic mass is 79.9. The predicted octanol–water partition coefficient (Wildman–Crippen LogP) is 3.97. The molecule has 1 heterocycles. The fourth-order valence-electron chi connectivity index (χ4n) is 2.22. The molecule has 108 valence electrons. The molecule has 0 bridgehead atoms. The minimum absolute atomic E-state index is 0.117. The van der Waals surface area contributed by atoms with Gasteiger partial charge in [-0.15, -0.1) is 0 Å². The van der Waals surface area contributed by atoms with Crippen molar-refractivity contribution in [1.82, 2.24) is 0 Å². The Labute approximate surface area is 128 Å². The van der Waals surface area contributed by atoms with Crippen LogP contribution in [0.1, 0.15) is 12.5 Å². The van der Waals surface area contributed by atoms with Gasteiger partial charge >= 0.3 is 0 Å². The molecule has 2 aromatic carbocycles. The lowest BCUT2D eigenvalue weighted by Gasteiger charge is -2.35. The van der Waals surface area contributed by atoms with Crippen LogP contribution in [0.3, 0.4) is 0 Å². The first-order valence-corrected chi connectivity index (χ1v) is 6.94. The molecular weight excluding hydrogens is 344 g/mol. The summed E-state index contributed by atoms with van der Waals surface area (Å²) in [4.78, 5) is 12.3. The standard InChI is InChI=1S/C15H10BrF2NO2/c1-15(8-4-10(17)7-11(18)5-8)14(20)19-12-6-9(16)2-3-13(12)21-15/h2-7H,1H3,(H,19,20). The Hall–Kier alpha value is -1.95. The zero-order valence-electron chi connectivity index (χ0n) is 10.9. The molecule has 21 heavy (non-hydrogen) atoms. The zero-order chi connectivity index (χ0) is 15.2. The number of carbonyl (C=O) groups is 1. The number of anilines is 1. The monoisotopic (exact) mass is 353 g/mol. The molecule has 0 fully saturated rings. The average molecular weight is 354 g/mol. The van der Waals surface area contributed by atoms with E-state index in [-0.39, 0.29) is 5.56 Å². The largest absolute Gasteiger partial charge is 0.471 e. The van der Waals surface area contributed by atoms with Crippen LogP contribution >= 0.6 is 15.9 Å². The van der Waals surface area contributed by atoms with Gasteiger partial charge in [0.1, 0.15) is 17.4 Å². The smallest absolute Gasteiger partial charge is 0.273 e. The van der Waals surface area contributed by atoms with Crippen LogP contribution in [0.25, 0.3) is 0 Å². The van der Waals surface area contributed by atoms with Crippen molar-refractivity contribution in [3.05, 3.63) is 58.1 Å². The normalized spacial score (nSPS) is 20.5. The number of benzene rings is 2. The number of fused-ring (bicyclic) bond motifs is 1. The number of hydrogen-bond donors (Lipinski definition) is 1. The summed E-state index contributed by atoms with van der Waals surface area (Å²) >= 11 is 3.30. The summed E-state index contributed by atoms with van der Waals surface area (Å²) < 4.78 is 33.3. The molecule has 1 amide bonds. The fourth-order valence-corrected chi connectivity index (χ4v) is 2.58. The van der Waals surface area contributed by atoms with Gasteiger partial charge < -0.3 is 10.1 Å². The third-order valence-electron chi connectivity index (χ3n) is 3.35. The van der Waals surface area contributed by atoms with Gasteiger partial charge in [0, 0.05) is 16.1 Å². The molecule has 1 aliphatic heterocycles. The molecule has 1 aliphatic rings. The molecule has 0 aliphatic carbocycles. The van der Waals surface area contributed by atoms with Crippen LogP contribution < -0.4 is 10.1 Å². The Morgan fingerprint density at radius 1 is 1.14 bits per heavy atom. The van der Waals surface area contributed by atoms with Crippen LogP contribution in [0, 0.1) is 11.6 Å². The highest BCUT2D eigenvalue weighted by Crippen LogP contribution is 2.40. The van der Waals surface area contributed by atoms with Crippen molar-refractivity contribution in [1.29, 1.82) is 0 Å². The molecule has 1 N–H and O–H groups in total. The summed E-state index contributed by atoms with van der Waals surface area (Å²) in [6, 6.07) is 8.05. The number of hydrogen-bond acceptors (Lipinski definition) is 2. The van der Waals surface area contributed by atoms with Crippen molar-refractivity contribution in [3.63, 3.8) is 0 Å². The average Bonchev–Trinajstić information content (AvgIpc) is 2.39. The lowest BCUT2D eigenvalue weighted by atomic mass is 9.93. The summed E-state index contributed by atoms with van der Waals surface area (Å²) in [5.41, 5.74) is -0.876. The number of ether oxygens (including phenoxy) is 1. The van der Waals surface area contributed by atoms with Crippen LogP contribution in [0.2, 0.25) is 0 Å². The molecule has 0 radical (unpaired) electrons. The number of rotatable bonds is 1. The number of halogens is 3. The summed E-state index contributed by atoms with van der Waals surface area (Å²) in [5.74, 6) is -1.57. The van der Waals surface area contributed by atoms with Gasteiger partial charge in [-0.25, -0.2) is 8.78 Å². The van der Waals surface area contributed by atoms with Gasteiger partial charge in [-0.3, -0.25) is 4.79 Å². The molecule has 6 heteroatoms. The Morgan fingerprint density at radius 3 is 2.48 bits per heavy atom. The molecule has 0 spiro atoms. The lowest BCUT2D eigenvalue weighted by Crippen LogP contribution is -2.46. The minimum Gasteiger partial charge on any atom is -0.471 e. The van der Waals surface area contributed by atoms with E-state index in [4.69, 9.17) is 4.74 Å². The summed E-state index contributed by atoms with van der Waals surface area (Å²) in [7, 11) is 0. The van der Waals surface area contributed by atoms with Gasteiger partial charge in [-0.1, -0.05) is 15.9 Å². The Balaban J connectivity index is 2.09. The van der Waals surface area contributed by atoms with Crippen molar-refractivity contribution < 1.29 is 18.3 Å². The first kappa shape index (κ1) is 14.0. The van der Waals surface area contributed by atoms with E-state index >= 15 is 0 Å². The van der Waals surface area contributed by atoms with E-state index in [1.807, 2.05) is 0 Å². The lowest BCUT2D eigenvalue weighted by molar-refractivity contribution is -0.131. The van der Waals surface area contributed by atoms with E-state index in [9.17, 15) is 13.6 Å². The van der Waals surface area contributed by atoms with E-state index in [1.165, 1.54) is 6.92 Å². The van der Waals surface area contributed by atoms with Crippen molar-refractivity contribution in [2.45, 2.75) is 12.5 Å². The third-order valence-corrected chi connectivity index (χ3v) is 3.84. The van der Waals surface area contributed by atoms with Gasteiger partial charge in [0.15, 0.2) is 0 Å². The quantitative estimate of drug-likeness (QED) is 0.842. The van der Waals surface area contributed by atoms with Crippen LogP contribution in [0.15, 0.2) is 40.9 Å². The van der Waals surface area contributed by atoms with E-state index in [0.29, 0.717) is 11.4 Å². The molecule has 1 unspecified atom stereocenters.